The van der Waals surface area contributed by atoms with Gasteiger partial charge in [-0.3, -0.25) is 14.2 Å². The fourth-order valence-electron chi connectivity index (χ4n) is 3.27. The monoisotopic (exact) mass is 434 g/mol. The van der Waals surface area contributed by atoms with Crippen molar-refractivity contribution in [3.8, 4) is 0 Å². The Labute approximate surface area is 174 Å². The summed E-state index contributed by atoms with van der Waals surface area (Å²) in [4.78, 5) is 38.2. The second kappa shape index (κ2) is 8.44. The molecule has 30 heavy (non-hydrogen) atoms. The van der Waals surface area contributed by atoms with Gasteiger partial charge in [0.25, 0.3) is 5.56 Å². The normalized spacial score (nSPS) is 15.0. The van der Waals surface area contributed by atoms with E-state index in [-0.39, 0.29) is 17.8 Å². The van der Waals surface area contributed by atoms with Crippen molar-refractivity contribution in [2.24, 2.45) is 0 Å². The number of thiazole rings is 1. The van der Waals surface area contributed by atoms with Crippen LogP contribution in [0.5, 0.6) is 0 Å². The molecule has 3 aromatic rings. The number of halogens is 2. The van der Waals surface area contributed by atoms with E-state index in [1.807, 2.05) is 0 Å². The van der Waals surface area contributed by atoms with Crippen LogP contribution in [0.1, 0.15) is 6.92 Å². The smallest absolute Gasteiger partial charge is 0.273 e. The van der Waals surface area contributed by atoms with Gasteiger partial charge in [-0.05, 0) is 18.7 Å². The molecule has 0 bridgehead atoms. The predicted octanol–water partition coefficient (Wildman–Crippen LogP) is 1.91. The van der Waals surface area contributed by atoms with Crippen molar-refractivity contribution >= 4 is 38.4 Å². The van der Waals surface area contributed by atoms with Crippen LogP contribution in [-0.2, 0) is 11.3 Å². The number of benzene rings is 1. The SMILES string of the molecule is CCN1CCN(c2nc3ncn(CC(=O)Nc4ccc(F)cc4F)c(=O)c3s2)CC1. The summed E-state index contributed by atoms with van der Waals surface area (Å²) in [7, 11) is 0. The zero-order chi connectivity index (χ0) is 21.3. The summed E-state index contributed by atoms with van der Waals surface area (Å²) < 4.78 is 28.2. The molecule has 0 spiro atoms. The Balaban J connectivity index is 1.50. The number of fused-ring (bicyclic) bond motifs is 1. The Morgan fingerprint density at radius 2 is 2.00 bits per heavy atom. The third-order valence-corrected chi connectivity index (χ3v) is 6.08. The number of amides is 1. The van der Waals surface area contributed by atoms with Gasteiger partial charge < -0.3 is 15.1 Å². The summed E-state index contributed by atoms with van der Waals surface area (Å²) in [5, 5.41) is 3.07. The van der Waals surface area contributed by atoms with Crippen LogP contribution >= 0.6 is 11.3 Å². The molecule has 8 nitrogen and oxygen atoms in total. The molecule has 1 amide bonds. The van der Waals surface area contributed by atoms with Crippen LogP contribution in [0.4, 0.5) is 19.6 Å². The van der Waals surface area contributed by atoms with E-state index in [1.54, 1.807) is 0 Å². The molecule has 1 N–H and O–H groups in total. The fraction of sp³-hybridized carbons (Fsp3) is 0.368. The molecular formula is C19H20F2N6O2S. The molecule has 0 unspecified atom stereocenters. The maximum absolute atomic E-state index is 13.7. The Kier molecular flexibility index (Phi) is 5.73. The van der Waals surface area contributed by atoms with Crippen molar-refractivity contribution in [3.05, 3.63) is 46.5 Å². The van der Waals surface area contributed by atoms with E-state index in [0.29, 0.717) is 16.4 Å². The second-order valence-corrected chi connectivity index (χ2v) is 7.90. The number of nitrogens with zero attached hydrogens (tertiary/aromatic N) is 5. The van der Waals surface area contributed by atoms with Gasteiger partial charge in [-0.15, -0.1) is 0 Å². The minimum atomic E-state index is -0.889. The van der Waals surface area contributed by atoms with Crippen molar-refractivity contribution in [1.29, 1.82) is 0 Å². The molecule has 1 aliphatic rings. The van der Waals surface area contributed by atoms with Crippen LogP contribution < -0.4 is 15.8 Å². The van der Waals surface area contributed by atoms with Crippen LogP contribution in [0.15, 0.2) is 29.3 Å². The summed E-state index contributed by atoms with van der Waals surface area (Å²) in [6.07, 6.45) is 1.25. The van der Waals surface area contributed by atoms with Gasteiger partial charge in [-0.25, -0.2) is 13.8 Å². The topological polar surface area (TPSA) is 83.4 Å². The quantitative estimate of drug-likeness (QED) is 0.661. The molecule has 11 heteroatoms. The molecular weight excluding hydrogens is 414 g/mol. The first kappa shape index (κ1) is 20.4. The van der Waals surface area contributed by atoms with Crippen molar-refractivity contribution < 1.29 is 13.6 Å². The summed E-state index contributed by atoms with van der Waals surface area (Å²) in [5.41, 5.74) is -0.195. The van der Waals surface area contributed by atoms with E-state index in [1.165, 1.54) is 17.7 Å². The molecule has 0 aliphatic carbocycles. The van der Waals surface area contributed by atoms with Crippen LogP contribution in [0.2, 0.25) is 0 Å². The third kappa shape index (κ3) is 4.17. The van der Waals surface area contributed by atoms with E-state index in [4.69, 9.17) is 0 Å². The lowest BCUT2D eigenvalue weighted by atomic mass is 10.3. The molecule has 1 saturated heterocycles. The number of aromatic nitrogens is 3. The summed E-state index contributed by atoms with van der Waals surface area (Å²) >= 11 is 1.26. The molecule has 1 fully saturated rings. The largest absolute Gasteiger partial charge is 0.345 e. The van der Waals surface area contributed by atoms with Gasteiger partial charge in [0.15, 0.2) is 10.8 Å². The Bertz CT molecular complexity index is 1140. The standard InChI is InChI=1S/C19H20F2N6O2S/c1-2-25-5-7-26(8-6-25)19-24-17-16(30-19)18(29)27(11-22-17)10-15(28)23-14-4-3-12(20)9-13(14)21/h3-4,9,11H,2,5-8,10H2,1H3,(H,23,28). The van der Waals surface area contributed by atoms with Crippen molar-refractivity contribution in [2.75, 3.05) is 42.9 Å². The van der Waals surface area contributed by atoms with E-state index in [0.717, 1.165) is 54.6 Å². The van der Waals surface area contributed by atoms with E-state index in [9.17, 15) is 18.4 Å². The number of hydrogen-bond donors (Lipinski definition) is 1. The first-order chi connectivity index (χ1) is 14.4. The lowest BCUT2D eigenvalue weighted by Gasteiger charge is -2.33. The molecule has 3 heterocycles. The van der Waals surface area contributed by atoms with Gasteiger partial charge in [0, 0.05) is 32.2 Å². The van der Waals surface area contributed by atoms with Crippen LogP contribution in [0.3, 0.4) is 0 Å². The summed E-state index contributed by atoms with van der Waals surface area (Å²) in [6, 6.07) is 2.84. The number of rotatable bonds is 5. The summed E-state index contributed by atoms with van der Waals surface area (Å²) in [5.74, 6) is -2.25. The predicted molar refractivity (Wildman–Crippen MR) is 111 cm³/mol. The molecule has 1 aromatic carbocycles. The van der Waals surface area contributed by atoms with Gasteiger partial charge in [0.05, 0.1) is 5.69 Å². The summed E-state index contributed by atoms with van der Waals surface area (Å²) in [6.45, 7) is 6.31. The highest BCUT2D eigenvalue weighted by Gasteiger charge is 2.21. The maximum Gasteiger partial charge on any atom is 0.273 e. The van der Waals surface area contributed by atoms with Crippen LogP contribution in [-0.4, -0.2) is 58.1 Å². The Morgan fingerprint density at radius 1 is 1.23 bits per heavy atom. The number of carbonyl (C=O) groups is 1. The number of hydrogen-bond acceptors (Lipinski definition) is 7. The highest BCUT2D eigenvalue weighted by atomic mass is 32.1. The molecule has 0 atom stereocenters. The van der Waals surface area contributed by atoms with Gasteiger partial charge in [0.1, 0.15) is 29.2 Å². The van der Waals surface area contributed by atoms with Gasteiger partial charge in [-0.1, -0.05) is 18.3 Å². The van der Waals surface area contributed by atoms with E-state index >= 15 is 0 Å². The van der Waals surface area contributed by atoms with Gasteiger partial charge in [-0.2, -0.15) is 4.98 Å². The fourth-order valence-corrected chi connectivity index (χ4v) is 4.29. The van der Waals surface area contributed by atoms with Crippen molar-refractivity contribution in [1.82, 2.24) is 19.4 Å². The van der Waals surface area contributed by atoms with Crippen molar-refractivity contribution in [2.45, 2.75) is 13.5 Å². The lowest BCUT2D eigenvalue weighted by Crippen LogP contribution is -2.46. The van der Waals surface area contributed by atoms with E-state index in [2.05, 4.69) is 32.0 Å². The number of carbonyl (C=O) groups excluding carboxylic acids is 1. The molecule has 1 aliphatic heterocycles. The molecule has 0 radical (unpaired) electrons. The van der Waals surface area contributed by atoms with Gasteiger partial charge in [0.2, 0.25) is 5.91 Å². The number of piperazine rings is 1. The average Bonchev–Trinajstić information content (AvgIpc) is 3.17. The molecule has 4 rings (SSSR count). The first-order valence-electron chi connectivity index (χ1n) is 9.52. The maximum atomic E-state index is 13.7. The van der Waals surface area contributed by atoms with Crippen molar-refractivity contribution in [3.63, 3.8) is 0 Å². The molecule has 0 saturated carbocycles. The Morgan fingerprint density at radius 3 is 2.70 bits per heavy atom. The average molecular weight is 434 g/mol. The molecule has 158 valence electrons. The first-order valence-corrected chi connectivity index (χ1v) is 10.3. The molecule has 2 aromatic heterocycles. The number of likely N-dealkylation sites (N-methyl/N-ethyl adjacent to an activating group) is 1. The number of nitrogens with one attached hydrogen (secondary N) is 1. The third-order valence-electron chi connectivity index (χ3n) is 4.98. The van der Waals surface area contributed by atoms with Crippen LogP contribution in [0.25, 0.3) is 10.3 Å². The zero-order valence-corrected chi connectivity index (χ0v) is 17.1. The minimum Gasteiger partial charge on any atom is -0.345 e. The highest BCUT2D eigenvalue weighted by molar-refractivity contribution is 7.22. The zero-order valence-electron chi connectivity index (χ0n) is 16.3. The van der Waals surface area contributed by atoms with E-state index < -0.39 is 17.5 Å². The van der Waals surface area contributed by atoms with Gasteiger partial charge >= 0.3 is 0 Å². The van der Waals surface area contributed by atoms with Crippen LogP contribution in [0, 0.1) is 11.6 Å². The Hall–Kier alpha value is -2.92. The highest BCUT2D eigenvalue weighted by Crippen LogP contribution is 2.26. The second-order valence-electron chi connectivity index (χ2n) is 6.92. The number of anilines is 2. The minimum absolute atomic E-state index is 0.158. The lowest BCUT2D eigenvalue weighted by molar-refractivity contribution is -0.116.